The molecule has 2 unspecified atom stereocenters. The maximum Gasteiger partial charge on any atom is 0.125 e. The molecule has 110 valence electrons. The number of methoxy groups -OCH3 is 1. The molecule has 2 aromatic rings. The largest absolute Gasteiger partial charge is 0.496 e. The molecule has 0 bridgehead atoms. The molecule has 0 aromatic heterocycles. The minimum atomic E-state index is -0.531. The molecule has 1 aliphatic heterocycles. The number of hydrogen-bond donors (Lipinski definition) is 1. The summed E-state index contributed by atoms with van der Waals surface area (Å²) in [6, 6.07) is 12.5. The van der Waals surface area contributed by atoms with Crippen molar-refractivity contribution in [2.24, 2.45) is 0 Å². The van der Waals surface area contributed by atoms with Crippen LogP contribution in [0, 0.1) is 13.8 Å². The average Bonchev–Trinajstić information content (AvgIpc) is 2.89. The molecule has 21 heavy (non-hydrogen) atoms. The molecule has 0 radical (unpaired) electrons. The van der Waals surface area contributed by atoms with Gasteiger partial charge in [-0.1, -0.05) is 24.3 Å². The van der Waals surface area contributed by atoms with Crippen molar-refractivity contribution in [2.75, 3.05) is 12.9 Å². The molecular formula is C18H20O2S. The van der Waals surface area contributed by atoms with Crippen molar-refractivity contribution in [3.05, 3.63) is 58.7 Å². The Kier molecular flexibility index (Phi) is 3.96. The molecule has 3 heteroatoms. The monoisotopic (exact) mass is 300 g/mol. The van der Waals surface area contributed by atoms with Gasteiger partial charge >= 0.3 is 0 Å². The number of ether oxygens (including phenoxy) is 1. The number of hydrogen-bond acceptors (Lipinski definition) is 3. The Morgan fingerprint density at radius 2 is 2.00 bits per heavy atom. The van der Waals surface area contributed by atoms with Crippen LogP contribution in [-0.4, -0.2) is 18.0 Å². The van der Waals surface area contributed by atoms with Gasteiger partial charge in [-0.3, -0.25) is 0 Å². The van der Waals surface area contributed by atoms with E-state index < -0.39 is 6.10 Å². The number of fused-ring (bicyclic) bond motifs is 1. The lowest BCUT2D eigenvalue weighted by Crippen LogP contribution is -2.13. The van der Waals surface area contributed by atoms with Gasteiger partial charge < -0.3 is 9.84 Å². The van der Waals surface area contributed by atoms with Crippen molar-refractivity contribution < 1.29 is 9.84 Å². The predicted molar refractivity (Wildman–Crippen MR) is 87.3 cm³/mol. The van der Waals surface area contributed by atoms with E-state index in [1.165, 1.54) is 10.5 Å². The van der Waals surface area contributed by atoms with Gasteiger partial charge in [0.1, 0.15) is 5.75 Å². The molecule has 1 N–H and O–H groups in total. The van der Waals surface area contributed by atoms with E-state index in [1.54, 1.807) is 7.11 Å². The van der Waals surface area contributed by atoms with Crippen molar-refractivity contribution in [2.45, 2.75) is 30.8 Å². The van der Waals surface area contributed by atoms with Gasteiger partial charge in [0.05, 0.1) is 13.2 Å². The van der Waals surface area contributed by atoms with E-state index in [2.05, 4.69) is 24.3 Å². The van der Waals surface area contributed by atoms with E-state index in [0.717, 1.165) is 28.2 Å². The molecule has 0 aliphatic carbocycles. The van der Waals surface area contributed by atoms with Crippen LogP contribution in [0.5, 0.6) is 5.75 Å². The molecule has 1 heterocycles. The lowest BCUT2D eigenvalue weighted by molar-refractivity contribution is 0.149. The third kappa shape index (κ3) is 2.56. The minimum absolute atomic E-state index is 0.126. The molecule has 0 amide bonds. The Balaban J connectivity index is 2.02. The van der Waals surface area contributed by atoms with Crippen molar-refractivity contribution in [3.63, 3.8) is 0 Å². The summed E-state index contributed by atoms with van der Waals surface area (Å²) in [7, 11) is 1.67. The van der Waals surface area contributed by atoms with Gasteiger partial charge in [-0.2, -0.15) is 0 Å². The third-order valence-electron chi connectivity index (χ3n) is 4.13. The van der Waals surface area contributed by atoms with Gasteiger partial charge in [-0.25, -0.2) is 0 Å². The first-order valence-corrected chi connectivity index (χ1v) is 8.15. The number of benzene rings is 2. The predicted octanol–water partition coefficient (Wildman–Crippen LogP) is 4.23. The van der Waals surface area contributed by atoms with Crippen LogP contribution in [0.3, 0.4) is 0 Å². The summed E-state index contributed by atoms with van der Waals surface area (Å²) in [5.74, 6) is 1.83. The van der Waals surface area contributed by atoms with Gasteiger partial charge in [0, 0.05) is 22.1 Å². The van der Waals surface area contributed by atoms with Crippen molar-refractivity contribution in [3.8, 4) is 5.75 Å². The van der Waals surface area contributed by atoms with E-state index in [1.807, 2.05) is 37.7 Å². The fraction of sp³-hybridized carbons (Fsp3) is 0.333. The zero-order valence-corrected chi connectivity index (χ0v) is 13.4. The molecule has 2 nitrogen and oxygen atoms in total. The normalized spacial score (nSPS) is 18.4. The SMILES string of the molecule is COc1cc(C)cc(C)c1C(O)C1CSc2ccccc21. The third-order valence-corrected chi connectivity index (χ3v) is 5.34. The van der Waals surface area contributed by atoms with Crippen LogP contribution in [0.25, 0.3) is 0 Å². The van der Waals surface area contributed by atoms with Gasteiger partial charge in [-0.15, -0.1) is 11.8 Å². The van der Waals surface area contributed by atoms with E-state index in [0.29, 0.717) is 0 Å². The number of rotatable bonds is 3. The van der Waals surface area contributed by atoms with Crippen LogP contribution in [-0.2, 0) is 0 Å². The van der Waals surface area contributed by atoms with Gasteiger partial charge in [0.25, 0.3) is 0 Å². The summed E-state index contributed by atoms with van der Waals surface area (Å²) >= 11 is 1.82. The molecular weight excluding hydrogens is 280 g/mol. The molecule has 3 rings (SSSR count). The summed E-state index contributed by atoms with van der Waals surface area (Å²) in [5, 5.41) is 11.0. The Morgan fingerprint density at radius 1 is 1.24 bits per heavy atom. The van der Waals surface area contributed by atoms with Gasteiger partial charge in [0.2, 0.25) is 0 Å². The van der Waals surface area contributed by atoms with E-state index in [9.17, 15) is 5.11 Å². The lowest BCUT2D eigenvalue weighted by Gasteiger charge is -2.23. The van der Waals surface area contributed by atoms with Gasteiger partial charge in [-0.05, 0) is 42.7 Å². The van der Waals surface area contributed by atoms with E-state index in [4.69, 9.17) is 4.74 Å². The highest BCUT2D eigenvalue weighted by Gasteiger charge is 2.32. The van der Waals surface area contributed by atoms with E-state index >= 15 is 0 Å². The van der Waals surface area contributed by atoms with Crippen molar-refractivity contribution >= 4 is 11.8 Å². The zero-order valence-electron chi connectivity index (χ0n) is 12.6. The number of aryl methyl sites for hydroxylation is 2. The number of thioether (sulfide) groups is 1. The Morgan fingerprint density at radius 3 is 2.76 bits per heavy atom. The summed E-state index contributed by atoms with van der Waals surface area (Å²) in [5.41, 5.74) is 4.41. The van der Waals surface area contributed by atoms with Crippen molar-refractivity contribution in [1.82, 2.24) is 0 Å². The summed E-state index contributed by atoms with van der Waals surface area (Å²) in [6.07, 6.45) is -0.531. The quantitative estimate of drug-likeness (QED) is 0.919. The second-order valence-corrected chi connectivity index (χ2v) is 6.66. The number of aliphatic hydroxyl groups is 1. The molecule has 2 atom stereocenters. The average molecular weight is 300 g/mol. The Hall–Kier alpha value is -1.45. The maximum atomic E-state index is 11.0. The van der Waals surface area contributed by atoms with Crippen LogP contribution in [0.15, 0.2) is 41.3 Å². The van der Waals surface area contributed by atoms with E-state index in [-0.39, 0.29) is 5.92 Å². The summed E-state index contributed by atoms with van der Waals surface area (Å²) < 4.78 is 5.51. The minimum Gasteiger partial charge on any atom is -0.496 e. The maximum absolute atomic E-state index is 11.0. The first-order chi connectivity index (χ1) is 10.1. The molecule has 0 saturated heterocycles. The Bertz CT molecular complexity index is 666. The zero-order chi connectivity index (χ0) is 15.0. The number of aliphatic hydroxyl groups excluding tert-OH is 1. The van der Waals surface area contributed by atoms with Crippen molar-refractivity contribution in [1.29, 1.82) is 0 Å². The molecule has 0 saturated carbocycles. The highest BCUT2D eigenvalue weighted by Crippen LogP contribution is 2.47. The van der Waals surface area contributed by atoms with Crippen LogP contribution in [0.4, 0.5) is 0 Å². The van der Waals surface area contributed by atoms with Crippen LogP contribution in [0.1, 0.15) is 34.3 Å². The second-order valence-electron chi connectivity index (χ2n) is 5.60. The lowest BCUT2D eigenvalue weighted by atomic mass is 9.87. The summed E-state index contributed by atoms with van der Waals surface area (Å²) in [6.45, 7) is 4.09. The topological polar surface area (TPSA) is 29.5 Å². The Labute approximate surface area is 130 Å². The first-order valence-electron chi connectivity index (χ1n) is 7.16. The smallest absolute Gasteiger partial charge is 0.125 e. The highest BCUT2D eigenvalue weighted by atomic mass is 32.2. The fourth-order valence-corrected chi connectivity index (χ4v) is 4.42. The second kappa shape index (κ2) is 5.74. The van der Waals surface area contributed by atoms with Crippen LogP contribution >= 0.6 is 11.8 Å². The highest BCUT2D eigenvalue weighted by molar-refractivity contribution is 7.99. The first kappa shape index (κ1) is 14.5. The fourth-order valence-electron chi connectivity index (χ4n) is 3.14. The van der Waals surface area contributed by atoms with Gasteiger partial charge in [0.15, 0.2) is 0 Å². The molecule has 1 aliphatic rings. The molecule has 0 spiro atoms. The summed E-state index contributed by atoms with van der Waals surface area (Å²) in [4.78, 5) is 1.28. The standard InChI is InChI=1S/C18H20O2S/c1-11-8-12(2)17(15(9-11)20-3)18(19)14-10-21-16-7-5-4-6-13(14)16/h4-9,14,18-19H,10H2,1-3H3. The molecule has 2 aromatic carbocycles. The van der Waals surface area contributed by atoms with Crippen LogP contribution in [0.2, 0.25) is 0 Å². The van der Waals surface area contributed by atoms with Crippen LogP contribution < -0.4 is 4.74 Å². The molecule has 0 fully saturated rings.